The number of nitrogens with zero attached hydrogens (tertiary/aromatic N) is 2. The normalized spacial score (nSPS) is 16.5. The Hall–Kier alpha value is -1.72. The molecule has 0 bridgehead atoms. The molecule has 2 aromatic carbocycles. The smallest absolute Gasteiger partial charge is 0.254 e. The minimum Gasteiger partial charge on any atom is -0.334 e. The molecule has 2 aliphatic rings. The van der Waals surface area contributed by atoms with E-state index >= 15 is 0 Å². The van der Waals surface area contributed by atoms with Gasteiger partial charge in [0.2, 0.25) is 0 Å². The van der Waals surface area contributed by atoms with Crippen LogP contribution in [-0.4, -0.2) is 34.0 Å². The number of rotatable bonds is 3. The van der Waals surface area contributed by atoms with Crippen LogP contribution in [0, 0.1) is 0 Å². The fourth-order valence-corrected chi connectivity index (χ4v) is 5.25. The number of fused-ring (bicyclic) bond motifs is 1. The van der Waals surface area contributed by atoms with Gasteiger partial charge in [-0.2, -0.15) is 0 Å². The third-order valence-electron chi connectivity index (χ3n) is 4.57. The van der Waals surface area contributed by atoms with E-state index in [1.807, 2.05) is 34.9 Å². The van der Waals surface area contributed by atoms with Gasteiger partial charge in [-0.25, -0.2) is 0 Å². The zero-order valence-corrected chi connectivity index (χ0v) is 15.6. The molecule has 0 aliphatic carbocycles. The summed E-state index contributed by atoms with van der Waals surface area (Å²) < 4.78 is 1.15. The summed E-state index contributed by atoms with van der Waals surface area (Å²) in [4.78, 5) is 19.6. The minimum absolute atomic E-state index is 0.145. The summed E-state index contributed by atoms with van der Waals surface area (Å²) in [5, 5.41) is 0. The fraction of sp³-hybridized carbons (Fsp3) is 0.300. The van der Waals surface area contributed by atoms with E-state index in [0.717, 1.165) is 46.5 Å². The highest BCUT2D eigenvalue weighted by atomic mass is 32.2. The van der Waals surface area contributed by atoms with E-state index in [4.69, 9.17) is 0 Å². The van der Waals surface area contributed by atoms with Crippen LogP contribution >= 0.6 is 23.5 Å². The molecular formula is C20H20N2OS2. The SMILES string of the molecule is O=C(c1ccccc1CSC1=NCCS1)N1CCc2ccccc2C1. The van der Waals surface area contributed by atoms with Gasteiger partial charge in [0.25, 0.3) is 5.91 Å². The predicted molar refractivity (Wildman–Crippen MR) is 107 cm³/mol. The first-order valence-corrected chi connectivity index (χ1v) is 10.5. The van der Waals surface area contributed by atoms with Crippen LogP contribution in [-0.2, 0) is 18.7 Å². The molecule has 0 spiro atoms. The number of thioether (sulfide) groups is 2. The van der Waals surface area contributed by atoms with Crippen molar-refractivity contribution in [1.29, 1.82) is 0 Å². The van der Waals surface area contributed by atoms with Gasteiger partial charge >= 0.3 is 0 Å². The van der Waals surface area contributed by atoms with E-state index < -0.39 is 0 Å². The van der Waals surface area contributed by atoms with Gasteiger partial charge in [0, 0.05) is 30.2 Å². The Bertz CT molecular complexity index is 819. The van der Waals surface area contributed by atoms with Crippen molar-refractivity contribution >= 4 is 33.8 Å². The first-order valence-electron chi connectivity index (χ1n) is 8.55. The third-order valence-corrected chi connectivity index (χ3v) is 6.88. The molecule has 128 valence electrons. The molecule has 2 heterocycles. The molecule has 2 aromatic rings. The molecule has 0 atom stereocenters. The van der Waals surface area contributed by atoms with Gasteiger partial charge in [0.05, 0.1) is 6.54 Å². The van der Waals surface area contributed by atoms with Gasteiger partial charge in [-0.3, -0.25) is 9.79 Å². The molecule has 3 nitrogen and oxygen atoms in total. The lowest BCUT2D eigenvalue weighted by atomic mass is 9.98. The summed E-state index contributed by atoms with van der Waals surface area (Å²) in [6.45, 7) is 2.42. The first kappa shape index (κ1) is 16.7. The van der Waals surface area contributed by atoms with Gasteiger partial charge in [0.15, 0.2) is 0 Å². The second-order valence-corrected chi connectivity index (χ2v) is 8.49. The Labute approximate surface area is 156 Å². The average molecular weight is 369 g/mol. The Morgan fingerprint density at radius 1 is 1.12 bits per heavy atom. The number of aliphatic imine (C=N–C) groups is 1. The number of carbonyl (C=O) groups is 1. The lowest BCUT2D eigenvalue weighted by molar-refractivity contribution is 0.0734. The molecule has 2 aliphatic heterocycles. The predicted octanol–water partition coefficient (Wildman–Crippen LogP) is 4.22. The maximum atomic E-state index is 13.1. The maximum absolute atomic E-state index is 13.1. The number of benzene rings is 2. The van der Waals surface area contributed by atoms with Crippen molar-refractivity contribution in [2.75, 3.05) is 18.8 Å². The van der Waals surface area contributed by atoms with Gasteiger partial charge in [0.1, 0.15) is 4.38 Å². The third kappa shape index (κ3) is 3.77. The van der Waals surface area contributed by atoms with Crippen molar-refractivity contribution in [3.8, 4) is 0 Å². The number of carbonyl (C=O) groups excluding carboxylic acids is 1. The highest BCUT2D eigenvalue weighted by molar-refractivity contribution is 8.38. The highest BCUT2D eigenvalue weighted by Gasteiger charge is 2.23. The van der Waals surface area contributed by atoms with E-state index in [1.54, 1.807) is 11.8 Å². The number of amides is 1. The van der Waals surface area contributed by atoms with Crippen molar-refractivity contribution in [3.63, 3.8) is 0 Å². The monoisotopic (exact) mass is 368 g/mol. The lowest BCUT2D eigenvalue weighted by Gasteiger charge is -2.29. The Morgan fingerprint density at radius 3 is 2.76 bits per heavy atom. The zero-order chi connectivity index (χ0) is 17.1. The van der Waals surface area contributed by atoms with E-state index in [2.05, 4.69) is 35.3 Å². The van der Waals surface area contributed by atoms with E-state index in [9.17, 15) is 4.79 Å². The highest BCUT2D eigenvalue weighted by Crippen LogP contribution is 2.28. The van der Waals surface area contributed by atoms with Crippen molar-refractivity contribution in [2.24, 2.45) is 4.99 Å². The summed E-state index contributed by atoms with van der Waals surface area (Å²) in [5.74, 6) is 2.03. The summed E-state index contributed by atoms with van der Waals surface area (Å²) in [5.41, 5.74) is 4.57. The Balaban J connectivity index is 1.50. The first-order chi connectivity index (χ1) is 12.3. The fourth-order valence-electron chi connectivity index (χ4n) is 3.24. The summed E-state index contributed by atoms with van der Waals surface area (Å²) in [7, 11) is 0. The van der Waals surface area contributed by atoms with Crippen LogP contribution in [0.15, 0.2) is 53.5 Å². The molecule has 25 heavy (non-hydrogen) atoms. The average Bonchev–Trinajstić information content (AvgIpc) is 3.19. The molecule has 0 N–H and O–H groups in total. The largest absolute Gasteiger partial charge is 0.334 e. The van der Waals surface area contributed by atoms with Gasteiger partial charge in [-0.05, 0) is 29.2 Å². The topological polar surface area (TPSA) is 32.7 Å². The van der Waals surface area contributed by atoms with E-state index in [1.165, 1.54) is 11.1 Å². The molecule has 0 saturated carbocycles. The van der Waals surface area contributed by atoms with E-state index in [0.29, 0.717) is 6.54 Å². The van der Waals surface area contributed by atoms with Gasteiger partial charge in [-0.1, -0.05) is 66.0 Å². The van der Waals surface area contributed by atoms with Crippen LogP contribution in [0.2, 0.25) is 0 Å². The molecule has 5 heteroatoms. The van der Waals surface area contributed by atoms with Crippen LogP contribution < -0.4 is 0 Å². The van der Waals surface area contributed by atoms with Crippen molar-refractivity contribution in [3.05, 3.63) is 70.8 Å². The molecule has 4 rings (SSSR count). The molecule has 1 amide bonds. The standard InChI is InChI=1S/C20H20N2OS2/c23-19(22-11-9-15-5-1-2-6-16(15)13-22)18-8-4-3-7-17(18)14-25-20-21-10-12-24-20/h1-8H,9-14H2. The van der Waals surface area contributed by atoms with Crippen molar-refractivity contribution in [2.45, 2.75) is 18.7 Å². The van der Waals surface area contributed by atoms with Crippen molar-refractivity contribution < 1.29 is 4.79 Å². The quantitative estimate of drug-likeness (QED) is 0.813. The van der Waals surface area contributed by atoms with Crippen LogP contribution in [0.1, 0.15) is 27.0 Å². The van der Waals surface area contributed by atoms with Gasteiger partial charge < -0.3 is 4.90 Å². The molecule has 0 unspecified atom stereocenters. The summed E-state index contributed by atoms with van der Waals surface area (Å²) >= 11 is 3.56. The van der Waals surface area contributed by atoms with E-state index in [-0.39, 0.29) is 5.91 Å². The molecule has 0 fully saturated rings. The van der Waals surface area contributed by atoms with Gasteiger partial charge in [-0.15, -0.1) is 0 Å². The number of hydrogen-bond donors (Lipinski definition) is 0. The maximum Gasteiger partial charge on any atom is 0.254 e. The molecule has 0 aromatic heterocycles. The second kappa shape index (κ2) is 7.67. The van der Waals surface area contributed by atoms with Crippen molar-refractivity contribution in [1.82, 2.24) is 4.90 Å². The van der Waals surface area contributed by atoms with Crippen LogP contribution in [0.5, 0.6) is 0 Å². The van der Waals surface area contributed by atoms with Crippen LogP contribution in [0.3, 0.4) is 0 Å². The summed E-state index contributed by atoms with van der Waals surface area (Å²) in [6.07, 6.45) is 0.937. The summed E-state index contributed by atoms with van der Waals surface area (Å²) in [6, 6.07) is 16.4. The lowest BCUT2D eigenvalue weighted by Crippen LogP contribution is -2.36. The molecular weight excluding hydrogens is 348 g/mol. The van der Waals surface area contributed by atoms with Crippen LogP contribution in [0.25, 0.3) is 0 Å². The molecule has 0 radical (unpaired) electrons. The zero-order valence-electron chi connectivity index (χ0n) is 14.0. The number of hydrogen-bond acceptors (Lipinski definition) is 4. The molecule has 0 saturated heterocycles. The Kier molecular flexibility index (Phi) is 5.13. The van der Waals surface area contributed by atoms with Crippen LogP contribution in [0.4, 0.5) is 0 Å². The Morgan fingerprint density at radius 2 is 1.92 bits per heavy atom. The minimum atomic E-state index is 0.145. The second-order valence-electron chi connectivity index (χ2n) is 6.19.